The molecule has 146 valence electrons. The summed E-state index contributed by atoms with van der Waals surface area (Å²) in [7, 11) is -3.46. The molecule has 1 amide bonds. The van der Waals surface area contributed by atoms with Crippen molar-refractivity contribution in [1.29, 1.82) is 0 Å². The van der Waals surface area contributed by atoms with Crippen molar-refractivity contribution >= 4 is 38.8 Å². The van der Waals surface area contributed by atoms with Crippen LogP contribution in [-0.2, 0) is 16.4 Å². The Kier molecular flexibility index (Phi) is 6.82. The average Bonchev–Trinajstić information content (AvgIpc) is 3.20. The lowest BCUT2D eigenvalue weighted by Gasteiger charge is -2.09. The summed E-state index contributed by atoms with van der Waals surface area (Å²) in [4.78, 5) is 17.5. The third-order valence-corrected chi connectivity index (χ3v) is 7.63. The lowest BCUT2D eigenvalue weighted by atomic mass is 10.2. The zero-order valence-corrected chi connectivity index (χ0v) is 17.1. The number of thiophene rings is 1. The van der Waals surface area contributed by atoms with E-state index in [9.17, 15) is 17.6 Å². The van der Waals surface area contributed by atoms with Gasteiger partial charge in [-0.25, -0.2) is 13.4 Å². The first-order valence-corrected chi connectivity index (χ1v) is 11.9. The van der Waals surface area contributed by atoms with Gasteiger partial charge in [0.05, 0.1) is 22.8 Å². The highest BCUT2D eigenvalue weighted by Crippen LogP contribution is 2.23. The molecule has 0 fully saturated rings. The number of thioether (sulfide) groups is 1. The van der Waals surface area contributed by atoms with Crippen LogP contribution < -0.4 is 5.32 Å². The Bertz CT molecular complexity index is 1040. The summed E-state index contributed by atoms with van der Waals surface area (Å²) in [5.41, 5.74) is 0.222. The number of hydrogen-bond acceptors (Lipinski definition) is 6. The predicted molar refractivity (Wildman–Crippen MR) is 109 cm³/mol. The third kappa shape index (κ3) is 5.40. The molecule has 2 aromatic heterocycles. The maximum Gasteiger partial charge on any atom is 0.254 e. The van der Waals surface area contributed by atoms with Gasteiger partial charge in [-0.15, -0.1) is 23.1 Å². The van der Waals surface area contributed by atoms with Gasteiger partial charge in [-0.3, -0.25) is 4.79 Å². The molecule has 3 aromatic rings. The van der Waals surface area contributed by atoms with Crippen molar-refractivity contribution in [3.8, 4) is 0 Å². The Labute approximate surface area is 170 Å². The Morgan fingerprint density at radius 3 is 2.61 bits per heavy atom. The monoisotopic (exact) mass is 436 g/mol. The van der Waals surface area contributed by atoms with Crippen molar-refractivity contribution in [3.63, 3.8) is 0 Å². The Balaban J connectivity index is 1.66. The molecule has 0 radical (unpaired) electrons. The van der Waals surface area contributed by atoms with Crippen LogP contribution in [0.3, 0.4) is 0 Å². The number of nitrogens with zero attached hydrogens (tertiary/aromatic N) is 1. The number of rotatable bonds is 8. The number of halogens is 1. The minimum Gasteiger partial charge on any atom is -0.347 e. The van der Waals surface area contributed by atoms with E-state index in [0.29, 0.717) is 6.54 Å². The first kappa shape index (κ1) is 20.5. The second-order valence-electron chi connectivity index (χ2n) is 5.73. The minimum absolute atomic E-state index is 0.143. The summed E-state index contributed by atoms with van der Waals surface area (Å²) < 4.78 is 38.3. The van der Waals surface area contributed by atoms with Crippen LogP contribution in [0.15, 0.2) is 69.9 Å². The van der Waals surface area contributed by atoms with E-state index >= 15 is 0 Å². The van der Waals surface area contributed by atoms with Crippen molar-refractivity contribution in [3.05, 3.63) is 76.4 Å². The van der Waals surface area contributed by atoms with Crippen molar-refractivity contribution in [2.45, 2.75) is 16.5 Å². The van der Waals surface area contributed by atoms with Gasteiger partial charge in [0.25, 0.3) is 5.91 Å². The Morgan fingerprint density at radius 1 is 1.11 bits per heavy atom. The van der Waals surface area contributed by atoms with Crippen molar-refractivity contribution in [2.24, 2.45) is 0 Å². The summed E-state index contributed by atoms with van der Waals surface area (Å²) in [5.74, 6) is -1.09. The van der Waals surface area contributed by atoms with Gasteiger partial charge in [-0.2, -0.15) is 4.39 Å². The number of amides is 1. The van der Waals surface area contributed by atoms with Crippen molar-refractivity contribution < 1.29 is 17.6 Å². The number of aromatic nitrogens is 1. The average molecular weight is 437 g/mol. The molecular formula is C19H17FN2O3S3. The summed E-state index contributed by atoms with van der Waals surface area (Å²) in [6.45, 7) is 0.361. The van der Waals surface area contributed by atoms with Crippen LogP contribution in [0, 0.1) is 5.95 Å². The summed E-state index contributed by atoms with van der Waals surface area (Å²) in [6.07, 6.45) is 0. The molecule has 0 unspecified atom stereocenters. The number of carbonyl (C=O) groups excluding carboxylic acids is 1. The SMILES string of the molecule is O=C(NCc1cccs1)c1ccc(F)nc1SCCS(=O)(=O)c1ccccc1. The second kappa shape index (κ2) is 9.31. The number of benzene rings is 1. The molecular weight excluding hydrogens is 419 g/mol. The smallest absolute Gasteiger partial charge is 0.254 e. The van der Waals surface area contributed by atoms with E-state index in [0.717, 1.165) is 22.7 Å². The lowest BCUT2D eigenvalue weighted by Crippen LogP contribution is -2.23. The van der Waals surface area contributed by atoms with E-state index in [1.54, 1.807) is 18.2 Å². The number of nitrogens with one attached hydrogen (secondary N) is 1. The summed E-state index contributed by atoms with van der Waals surface area (Å²) in [6, 6.07) is 14.4. The van der Waals surface area contributed by atoms with E-state index in [-0.39, 0.29) is 32.9 Å². The van der Waals surface area contributed by atoms with Gasteiger partial charge in [0.1, 0.15) is 5.03 Å². The third-order valence-electron chi connectivity index (χ3n) is 3.77. The first-order chi connectivity index (χ1) is 13.5. The Morgan fingerprint density at radius 2 is 1.89 bits per heavy atom. The van der Waals surface area contributed by atoms with Crippen LogP contribution in [0.25, 0.3) is 0 Å². The molecule has 1 aromatic carbocycles. The molecule has 0 saturated heterocycles. The fourth-order valence-corrected chi connectivity index (χ4v) is 5.69. The maximum absolute atomic E-state index is 13.6. The van der Waals surface area contributed by atoms with Crippen LogP contribution in [-0.4, -0.2) is 30.8 Å². The highest BCUT2D eigenvalue weighted by Gasteiger charge is 2.18. The molecule has 9 heteroatoms. The van der Waals surface area contributed by atoms with Gasteiger partial charge in [0, 0.05) is 10.6 Å². The fourth-order valence-electron chi connectivity index (χ4n) is 2.37. The number of carbonyl (C=O) groups is 1. The zero-order chi connectivity index (χ0) is 20.0. The van der Waals surface area contributed by atoms with E-state index in [1.165, 1.54) is 29.5 Å². The van der Waals surface area contributed by atoms with Gasteiger partial charge >= 0.3 is 0 Å². The molecule has 0 atom stereocenters. The molecule has 0 aliphatic heterocycles. The number of hydrogen-bond donors (Lipinski definition) is 1. The molecule has 0 spiro atoms. The largest absolute Gasteiger partial charge is 0.347 e. The van der Waals surface area contributed by atoms with E-state index in [1.807, 2.05) is 17.5 Å². The molecule has 3 rings (SSSR count). The van der Waals surface area contributed by atoms with Crippen molar-refractivity contribution in [1.82, 2.24) is 10.3 Å². The zero-order valence-electron chi connectivity index (χ0n) is 14.7. The van der Waals surface area contributed by atoms with E-state index in [4.69, 9.17) is 0 Å². The predicted octanol–water partition coefficient (Wildman–Crippen LogP) is 3.78. The Hall–Kier alpha value is -2.23. The molecule has 2 heterocycles. The maximum atomic E-state index is 13.6. The van der Waals surface area contributed by atoms with Crippen LogP contribution in [0.5, 0.6) is 0 Å². The quantitative estimate of drug-likeness (QED) is 0.430. The van der Waals surface area contributed by atoms with Gasteiger partial charge in [-0.1, -0.05) is 24.3 Å². The second-order valence-corrected chi connectivity index (χ2v) is 9.95. The van der Waals surface area contributed by atoms with Gasteiger partial charge in [-0.05, 0) is 35.7 Å². The van der Waals surface area contributed by atoms with Gasteiger partial charge < -0.3 is 5.32 Å². The van der Waals surface area contributed by atoms with Crippen LogP contribution in [0.2, 0.25) is 0 Å². The highest BCUT2D eigenvalue weighted by molar-refractivity contribution is 8.00. The van der Waals surface area contributed by atoms with Crippen LogP contribution in [0.1, 0.15) is 15.2 Å². The molecule has 0 aliphatic rings. The molecule has 1 N–H and O–H groups in total. The molecule has 0 aliphatic carbocycles. The standard InChI is InChI=1S/C19H17FN2O3S3/c20-17-9-8-16(18(23)21-13-14-5-4-10-26-14)19(22-17)27-11-12-28(24,25)15-6-2-1-3-7-15/h1-10H,11-13H2,(H,21,23). The summed E-state index contributed by atoms with van der Waals surface area (Å²) >= 11 is 2.56. The number of sulfone groups is 1. The van der Waals surface area contributed by atoms with E-state index in [2.05, 4.69) is 10.3 Å². The number of pyridine rings is 1. The molecule has 0 saturated carbocycles. The fraction of sp³-hybridized carbons (Fsp3) is 0.158. The minimum atomic E-state index is -3.46. The van der Waals surface area contributed by atoms with Gasteiger partial charge in [0.2, 0.25) is 5.95 Å². The van der Waals surface area contributed by atoms with Crippen LogP contribution in [0.4, 0.5) is 4.39 Å². The highest BCUT2D eigenvalue weighted by atomic mass is 32.2. The van der Waals surface area contributed by atoms with E-state index < -0.39 is 15.8 Å². The molecule has 28 heavy (non-hydrogen) atoms. The lowest BCUT2D eigenvalue weighted by molar-refractivity contribution is 0.0947. The molecule has 5 nitrogen and oxygen atoms in total. The summed E-state index contributed by atoms with van der Waals surface area (Å²) in [5, 5.41) is 4.86. The van der Waals surface area contributed by atoms with Crippen molar-refractivity contribution in [2.75, 3.05) is 11.5 Å². The normalized spacial score (nSPS) is 11.3. The van der Waals surface area contributed by atoms with Crippen LogP contribution >= 0.6 is 23.1 Å². The van der Waals surface area contributed by atoms with Gasteiger partial charge in [0.15, 0.2) is 9.84 Å². The first-order valence-electron chi connectivity index (χ1n) is 8.33. The molecule has 0 bridgehead atoms. The topological polar surface area (TPSA) is 76.1 Å².